The van der Waals surface area contributed by atoms with Gasteiger partial charge in [0, 0.05) is 18.7 Å². The van der Waals surface area contributed by atoms with Gasteiger partial charge in [0.25, 0.3) is 0 Å². The summed E-state index contributed by atoms with van der Waals surface area (Å²) in [7, 11) is -2.51. The van der Waals surface area contributed by atoms with Crippen LogP contribution < -0.4 is 10.0 Å². The molecule has 5 nitrogen and oxygen atoms in total. The Balaban J connectivity index is 2.83. The van der Waals surface area contributed by atoms with Gasteiger partial charge in [0.1, 0.15) is 5.75 Å². The van der Waals surface area contributed by atoms with Crippen molar-refractivity contribution in [2.75, 3.05) is 13.7 Å². The first-order valence-electron chi connectivity index (χ1n) is 4.72. The highest BCUT2D eigenvalue weighted by Crippen LogP contribution is 2.49. The topological polar surface area (TPSA) is 56.8 Å². The van der Waals surface area contributed by atoms with E-state index in [1.165, 1.54) is 19.2 Å². The summed E-state index contributed by atoms with van der Waals surface area (Å²) in [6.07, 6.45) is 0. The molecule has 0 aliphatic rings. The lowest BCUT2D eigenvalue weighted by Crippen LogP contribution is -2.14. The molecular formula is C9H12Cl2NO4P. The summed E-state index contributed by atoms with van der Waals surface area (Å²) in [5, 5.41) is 0.664. The zero-order chi connectivity index (χ0) is 12.9. The molecule has 0 aliphatic heterocycles. The molecule has 1 unspecified atom stereocenters. The van der Waals surface area contributed by atoms with Crippen molar-refractivity contribution in [3.63, 3.8) is 0 Å². The summed E-state index contributed by atoms with van der Waals surface area (Å²) in [5.74, 6) is 0.166. The molecule has 0 aliphatic carbocycles. The Labute approximate surface area is 110 Å². The van der Waals surface area contributed by atoms with E-state index in [-0.39, 0.29) is 10.8 Å². The second-order valence-corrected chi connectivity index (χ2v) is 5.35. The van der Waals surface area contributed by atoms with E-state index in [9.17, 15) is 4.57 Å². The molecule has 1 aromatic rings. The third-order valence-electron chi connectivity index (χ3n) is 1.65. The van der Waals surface area contributed by atoms with Crippen LogP contribution >= 0.6 is 31.0 Å². The summed E-state index contributed by atoms with van der Waals surface area (Å²) in [4.78, 5) is 0. The predicted octanol–water partition coefficient (Wildman–Crippen LogP) is 3.67. The van der Waals surface area contributed by atoms with E-state index in [0.717, 1.165) is 0 Å². The molecule has 0 fully saturated rings. The number of rotatable bonds is 6. The van der Waals surface area contributed by atoms with E-state index in [1.54, 1.807) is 13.0 Å². The van der Waals surface area contributed by atoms with E-state index < -0.39 is 7.82 Å². The molecule has 96 valence electrons. The molecule has 1 atom stereocenters. The van der Waals surface area contributed by atoms with Gasteiger partial charge in [-0.3, -0.25) is 4.52 Å². The fourth-order valence-electron chi connectivity index (χ4n) is 0.906. The van der Waals surface area contributed by atoms with Gasteiger partial charge < -0.3 is 4.52 Å². The summed E-state index contributed by atoms with van der Waals surface area (Å²) in [5.41, 5.74) is 2.41. The number of phosphoric acid groups is 1. The van der Waals surface area contributed by atoms with Crippen LogP contribution in [0.5, 0.6) is 5.75 Å². The third kappa shape index (κ3) is 4.47. The maximum atomic E-state index is 11.9. The minimum atomic E-state index is -3.72. The monoisotopic (exact) mass is 299 g/mol. The van der Waals surface area contributed by atoms with Gasteiger partial charge >= 0.3 is 7.82 Å². The summed E-state index contributed by atoms with van der Waals surface area (Å²) in [6.45, 7) is 2.22. The highest BCUT2D eigenvalue weighted by atomic mass is 35.5. The zero-order valence-corrected chi connectivity index (χ0v) is 11.7. The lowest BCUT2D eigenvalue weighted by molar-refractivity contribution is 0.119. The molecule has 1 N–H and O–H groups in total. The molecule has 0 radical (unpaired) electrons. The second kappa shape index (κ2) is 6.59. The smallest absolute Gasteiger partial charge is 0.401 e. The van der Waals surface area contributed by atoms with Gasteiger partial charge in [0.15, 0.2) is 0 Å². The van der Waals surface area contributed by atoms with Crippen LogP contribution in [0, 0.1) is 0 Å². The van der Waals surface area contributed by atoms with Gasteiger partial charge in [-0.2, -0.15) is 10.1 Å². The number of halogens is 2. The molecule has 17 heavy (non-hydrogen) atoms. The maximum absolute atomic E-state index is 11.9. The molecule has 0 spiro atoms. The number of phosphoric ester groups is 1. The van der Waals surface area contributed by atoms with E-state index in [2.05, 4.69) is 10.0 Å². The maximum Gasteiger partial charge on any atom is 0.546 e. The van der Waals surface area contributed by atoms with Crippen LogP contribution in [0.3, 0.4) is 0 Å². The van der Waals surface area contributed by atoms with Crippen molar-refractivity contribution in [1.29, 1.82) is 0 Å². The highest BCUT2D eigenvalue weighted by molar-refractivity contribution is 7.48. The van der Waals surface area contributed by atoms with Crippen LogP contribution in [0.25, 0.3) is 0 Å². The molecule has 0 heterocycles. The van der Waals surface area contributed by atoms with Gasteiger partial charge in [-0.25, -0.2) is 4.57 Å². The zero-order valence-electron chi connectivity index (χ0n) is 9.28. The van der Waals surface area contributed by atoms with Crippen LogP contribution in [0.1, 0.15) is 6.92 Å². The van der Waals surface area contributed by atoms with Crippen molar-refractivity contribution in [2.45, 2.75) is 6.92 Å². The highest BCUT2D eigenvalue weighted by Gasteiger charge is 2.28. The quantitative estimate of drug-likeness (QED) is 0.641. The van der Waals surface area contributed by atoms with Crippen molar-refractivity contribution in [3.05, 3.63) is 28.2 Å². The SMILES string of the molecule is CCNOP(=O)(OC)Oc1ccc(Cl)cc1Cl. The molecule has 0 amide bonds. The largest absolute Gasteiger partial charge is 0.546 e. The fraction of sp³-hybridized carbons (Fsp3) is 0.333. The summed E-state index contributed by atoms with van der Waals surface area (Å²) in [6, 6.07) is 4.49. The summed E-state index contributed by atoms with van der Waals surface area (Å²) >= 11 is 11.6. The van der Waals surface area contributed by atoms with Gasteiger partial charge in [-0.05, 0) is 18.2 Å². The van der Waals surface area contributed by atoms with Crippen molar-refractivity contribution in [2.24, 2.45) is 0 Å². The Kier molecular flexibility index (Phi) is 5.73. The number of hydrogen-bond donors (Lipinski definition) is 1. The van der Waals surface area contributed by atoms with Gasteiger partial charge in [0.05, 0.1) is 5.02 Å². The first kappa shape index (κ1) is 14.8. The lowest BCUT2D eigenvalue weighted by Gasteiger charge is -2.16. The summed E-state index contributed by atoms with van der Waals surface area (Å²) < 4.78 is 26.5. The fourth-order valence-corrected chi connectivity index (χ4v) is 2.28. The van der Waals surface area contributed by atoms with Gasteiger partial charge in [-0.1, -0.05) is 30.1 Å². The van der Waals surface area contributed by atoms with Gasteiger partial charge in [0.2, 0.25) is 0 Å². The molecule has 8 heteroatoms. The number of nitrogens with one attached hydrogen (secondary N) is 1. The van der Waals surface area contributed by atoms with E-state index >= 15 is 0 Å². The van der Waals surface area contributed by atoms with E-state index in [0.29, 0.717) is 11.6 Å². The van der Waals surface area contributed by atoms with Crippen molar-refractivity contribution < 1.29 is 18.2 Å². The minimum Gasteiger partial charge on any atom is -0.401 e. The standard InChI is InChI=1S/C9H12Cl2NO4P/c1-3-12-16-17(13,14-2)15-9-5-4-7(10)6-8(9)11/h4-6,12H,3H2,1-2H3. The molecule has 0 saturated carbocycles. The Morgan fingerprint density at radius 3 is 2.65 bits per heavy atom. The average molecular weight is 300 g/mol. The van der Waals surface area contributed by atoms with Crippen molar-refractivity contribution in [3.8, 4) is 5.75 Å². The molecular weight excluding hydrogens is 288 g/mol. The molecule has 0 saturated heterocycles. The molecule has 0 aromatic heterocycles. The minimum absolute atomic E-state index is 0.166. The Morgan fingerprint density at radius 1 is 1.41 bits per heavy atom. The van der Waals surface area contributed by atoms with Gasteiger partial charge in [-0.15, -0.1) is 0 Å². The average Bonchev–Trinajstić information content (AvgIpc) is 2.30. The number of hydrogen-bond acceptors (Lipinski definition) is 5. The van der Waals surface area contributed by atoms with Crippen LogP contribution in [0.4, 0.5) is 0 Å². The molecule has 0 bridgehead atoms. The van der Waals surface area contributed by atoms with Crippen LogP contribution in [-0.2, 0) is 13.7 Å². The van der Waals surface area contributed by atoms with E-state index in [4.69, 9.17) is 32.4 Å². The Hall–Kier alpha value is -0.290. The van der Waals surface area contributed by atoms with Crippen molar-refractivity contribution >= 4 is 31.0 Å². The Morgan fingerprint density at radius 2 is 2.12 bits per heavy atom. The van der Waals surface area contributed by atoms with Crippen LogP contribution in [0.15, 0.2) is 18.2 Å². The van der Waals surface area contributed by atoms with Crippen LogP contribution in [-0.4, -0.2) is 13.7 Å². The van der Waals surface area contributed by atoms with Crippen molar-refractivity contribution in [1.82, 2.24) is 5.48 Å². The normalized spacial score (nSPS) is 14.4. The Bertz CT molecular complexity index is 429. The molecule has 1 rings (SSSR count). The molecule has 1 aromatic carbocycles. The predicted molar refractivity (Wildman–Crippen MR) is 66.5 cm³/mol. The lowest BCUT2D eigenvalue weighted by atomic mass is 10.3. The first-order chi connectivity index (χ1) is 8.00. The second-order valence-electron chi connectivity index (χ2n) is 2.88. The number of hydroxylamine groups is 1. The third-order valence-corrected chi connectivity index (χ3v) is 3.40. The van der Waals surface area contributed by atoms with E-state index in [1.807, 2.05) is 0 Å². The first-order valence-corrected chi connectivity index (χ1v) is 6.94. The van der Waals surface area contributed by atoms with Crippen LogP contribution in [0.2, 0.25) is 10.0 Å². The number of benzene rings is 1.